The summed E-state index contributed by atoms with van der Waals surface area (Å²) in [4.78, 5) is 39.6. The molecule has 8 nitrogen and oxygen atoms in total. The highest BCUT2D eigenvalue weighted by Gasteiger charge is 2.47. The zero-order chi connectivity index (χ0) is 23.6. The highest BCUT2D eigenvalue weighted by atomic mass is 32.2. The number of carbonyl (C=O) groups excluding carboxylic acids is 3. The molecule has 3 aromatic rings. The Morgan fingerprint density at radius 3 is 2.36 bits per heavy atom. The summed E-state index contributed by atoms with van der Waals surface area (Å²) >= 11 is 1.37. The smallest absolute Gasteiger partial charge is 0.337 e. The Bertz CT molecular complexity index is 1270. The van der Waals surface area contributed by atoms with E-state index in [1.807, 2.05) is 5.38 Å². The summed E-state index contributed by atoms with van der Waals surface area (Å²) in [6, 6.07) is 16.0. The number of esters is 1. The lowest BCUT2D eigenvalue weighted by atomic mass is 10.2. The average Bonchev–Trinajstić information content (AvgIpc) is 3.45. The van der Waals surface area contributed by atoms with Crippen molar-refractivity contribution in [1.29, 1.82) is 0 Å². The molecule has 2 heterocycles. The Morgan fingerprint density at radius 2 is 1.76 bits per heavy atom. The Balaban J connectivity index is 1.69. The van der Waals surface area contributed by atoms with Crippen LogP contribution < -0.4 is 4.90 Å². The van der Waals surface area contributed by atoms with Crippen LogP contribution in [0.2, 0.25) is 0 Å². The van der Waals surface area contributed by atoms with E-state index in [0.29, 0.717) is 0 Å². The van der Waals surface area contributed by atoms with Crippen LogP contribution in [0.25, 0.3) is 0 Å². The molecule has 0 saturated carbocycles. The van der Waals surface area contributed by atoms with Gasteiger partial charge in [0.15, 0.2) is 0 Å². The predicted molar refractivity (Wildman–Crippen MR) is 122 cm³/mol. The SMILES string of the molecule is COC(=O)c1ccc(N2C(=O)CC(N(Cc3cccs3)S(=O)(=O)c3ccccc3)C2=O)cc1. The van der Waals surface area contributed by atoms with Crippen molar-refractivity contribution in [2.45, 2.75) is 23.9 Å². The third-order valence-corrected chi connectivity index (χ3v) is 7.99. The van der Waals surface area contributed by atoms with E-state index in [2.05, 4.69) is 4.74 Å². The zero-order valence-corrected chi connectivity index (χ0v) is 19.2. The number of sulfonamides is 1. The van der Waals surface area contributed by atoms with Gasteiger partial charge in [0.05, 0.1) is 29.7 Å². The largest absolute Gasteiger partial charge is 0.465 e. The van der Waals surface area contributed by atoms with Gasteiger partial charge in [-0.2, -0.15) is 4.31 Å². The quantitative estimate of drug-likeness (QED) is 0.377. The summed E-state index contributed by atoms with van der Waals surface area (Å²) in [7, 11) is -2.81. The van der Waals surface area contributed by atoms with Crippen LogP contribution in [-0.2, 0) is 30.9 Å². The fourth-order valence-corrected chi connectivity index (χ4v) is 5.99. The summed E-state index contributed by atoms with van der Waals surface area (Å²) < 4.78 is 32.7. The number of nitrogens with zero attached hydrogens (tertiary/aromatic N) is 2. The summed E-state index contributed by atoms with van der Waals surface area (Å²) in [5.41, 5.74) is 0.524. The molecule has 0 spiro atoms. The molecule has 4 rings (SSSR count). The van der Waals surface area contributed by atoms with Gasteiger partial charge in [0.1, 0.15) is 6.04 Å². The normalized spacial score (nSPS) is 16.4. The van der Waals surface area contributed by atoms with Crippen molar-refractivity contribution < 1.29 is 27.5 Å². The maximum atomic E-state index is 13.5. The van der Waals surface area contributed by atoms with E-state index >= 15 is 0 Å². The Kier molecular flexibility index (Phi) is 6.41. The highest BCUT2D eigenvalue weighted by molar-refractivity contribution is 7.89. The monoisotopic (exact) mass is 484 g/mol. The first-order valence-electron chi connectivity index (χ1n) is 9.97. The summed E-state index contributed by atoms with van der Waals surface area (Å²) in [6.07, 6.45) is -0.283. The number of imide groups is 1. The van der Waals surface area contributed by atoms with Crippen molar-refractivity contribution in [2.24, 2.45) is 0 Å². The molecule has 1 fully saturated rings. The van der Waals surface area contributed by atoms with Gasteiger partial charge in [0, 0.05) is 11.4 Å². The maximum absolute atomic E-state index is 13.5. The molecule has 0 aliphatic carbocycles. The number of hydrogen-bond donors (Lipinski definition) is 0. The highest BCUT2D eigenvalue weighted by Crippen LogP contribution is 2.31. The standard InChI is InChI=1S/C23H20N2O6S2/c1-31-23(28)16-9-11-17(12-10-16)25-21(26)14-20(22(25)27)24(15-18-6-5-13-32-18)33(29,30)19-7-3-2-4-8-19/h2-13,20H,14-15H2,1H3. The zero-order valence-electron chi connectivity index (χ0n) is 17.6. The second kappa shape index (κ2) is 9.26. The Labute approximate surface area is 195 Å². The van der Waals surface area contributed by atoms with Crippen LogP contribution in [0.3, 0.4) is 0 Å². The molecule has 1 aliphatic heterocycles. The predicted octanol–water partition coefficient (Wildman–Crippen LogP) is 3.06. The molecule has 170 valence electrons. The van der Waals surface area contributed by atoms with Gasteiger partial charge in [-0.1, -0.05) is 24.3 Å². The van der Waals surface area contributed by atoms with Crippen LogP contribution in [-0.4, -0.2) is 43.7 Å². The number of benzene rings is 2. The van der Waals surface area contributed by atoms with Crippen molar-refractivity contribution in [1.82, 2.24) is 4.31 Å². The number of hydrogen-bond acceptors (Lipinski definition) is 7. The number of ether oxygens (including phenoxy) is 1. The third-order valence-electron chi connectivity index (χ3n) is 5.26. The molecule has 1 atom stereocenters. The van der Waals surface area contributed by atoms with Crippen molar-refractivity contribution in [3.05, 3.63) is 82.6 Å². The van der Waals surface area contributed by atoms with Crippen LogP contribution in [0, 0.1) is 0 Å². The molecule has 1 unspecified atom stereocenters. The van der Waals surface area contributed by atoms with Gasteiger partial charge < -0.3 is 4.74 Å². The fourth-order valence-electron chi connectivity index (χ4n) is 3.62. The second-order valence-electron chi connectivity index (χ2n) is 7.27. The molecular weight excluding hydrogens is 464 g/mol. The number of anilines is 1. The lowest BCUT2D eigenvalue weighted by Crippen LogP contribution is -2.44. The van der Waals surface area contributed by atoms with Crippen LogP contribution in [0.5, 0.6) is 0 Å². The van der Waals surface area contributed by atoms with Gasteiger partial charge in [-0.3, -0.25) is 9.59 Å². The van der Waals surface area contributed by atoms with E-state index in [9.17, 15) is 22.8 Å². The summed E-state index contributed by atoms with van der Waals surface area (Å²) in [6.45, 7) is -0.0340. The Morgan fingerprint density at radius 1 is 1.06 bits per heavy atom. The fraction of sp³-hybridized carbons (Fsp3) is 0.174. The number of amides is 2. The van der Waals surface area contributed by atoms with E-state index in [1.54, 1.807) is 30.3 Å². The van der Waals surface area contributed by atoms with Gasteiger partial charge in [-0.15, -0.1) is 11.3 Å². The van der Waals surface area contributed by atoms with Crippen molar-refractivity contribution >= 4 is 44.8 Å². The van der Waals surface area contributed by atoms with Crippen LogP contribution in [0.1, 0.15) is 21.7 Å². The molecule has 1 saturated heterocycles. The van der Waals surface area contributed by atoms with Gasteiger partial charge in [0.2, 0.25) is 15.9 Å². The molecule has 0 radical (unpaired) electrons. The lowest BCUT2D eigenvalue weighted by Gasteiger charge is -2.26. The van der Waals surface area contributed by atoms with Crippen LogP contribution in [0.15, 0.2) is 77.0 Å². The van der Waals surface area contributed by atoms with E-state index < -0.39 is 33.8 Å². The Hall–Kier alpha value is -3.34. The van der Waals surface area contributed by atoms with E-state index in [4.69, 9.17) is 0 Å². The molecule has 0 N–H and O–H groups in total. The second-order valence-corrected chi connectivity index (χ2v) is 10.2. The number of thiophene rings is 1. The van der Waals surface area contributed by atoms with Crippen LogP contribution >= 0.6 is 11.3 Å². The molecule has 33 heavy (non-hydrogen) atoms. The summed E-state index contributed by atoms with van der Waals surface area (Å²) in [5, 5.41) is 1.82. The minimum atomic E-state index is -4.06. The average molecular weight is 485 g/mol. The maximum Gasteiger partial charge on any atom is 0.337 e. The minimum absolute atomic E-state index is 0.0340. The third kappa shape index (κ3) is 4.45. The number of methoxy groups -OCH3 is 1. The first kappa shape index (κ1) is 22.8. The van der Waals surface area contributed by atoms with Gasteiger partial charge in [0.25, 0.3) is 5.91 Å². The van der Waals surface area contributed by atoms with Crippen molar-refractivity contribution in [2.75, 3.05) is 12.0 Å². The lowest BCUT2D eigenvalue weighted by molar-refractivity contribution is -0.122. The number of rotatable bonds is 7. The van der Waals surface area contributed by atoms with E-state index in [-0.39, 0.29) is 29.1 Å². The molecule has 0 bridgehead atoms. The molecule has 2 amide bonds. The van der Waals surface area contributed by atoms with E-state index in [1.165, 1.54) is 54.8 Å². The summed E-state index contributed by atoms with van der Waals surface area (Å²) in [5.74, 6) is -1.70. The molecule has 10 heteroatoms. The molecule has 2 aromatic carbocycles. The molecule has 1 aromatic heterocycles. The topological polar surface area (TPSA) is 101 Å². The van der Waals surface area contributed by atoms with Crippen LogP contribution in [0.4, 0.5) is 5.69 Å². The van der Waals surface area contributed by atoms with Gasteiger partial charge in [-0.05, 0) is 47.8 Å². The first-order valence-corrected chi connectivity index (χ1v) is 12.3. The number of carbonyl (C=O) groups is 3. The molecule has 1 aliphatic rings. The first-order chi connectivity index (χ1) is 15.8. The van der Waals surface area contributed by atoms with Crippen molar-refractivity contribution in [3.8, 4) is 0 Å². The van der Waals surface area contributed by atoms with Crippen molar-refractivity contribution in [3.63, 3.8) is 0 Å². The van der Waals surface area contributed by atoms with Gasteiger partial charge >= 0.3 is 5.97 Å². The minimum Gasteiger partial charge on any atom is -0.465 e. The van der Waals surface area contributed by atoms with Gasteiger partial charge in [-0.25, -0.2) is 18.1 Å². The molecular formula is C23H20N2O6S2. The van der Waals surface area contributed by atoms with E-state index in [0.717, 1.165) is 14.1 Å².